The second-order valence-corrected chi connectivity index (χ2v) is 9.17. The van der Waals surface area contributed by atoms with Crippen molar-refractivity contribution in [2.75, 3.05) is 11.1 Å². The molecule has 7 nitrogen and oxygen atoms in total. The molecule has 1 unspecified atom stereocenters. The molecule has 0 aliphatic carbocycles. The zero-order chi connectivity index (χ0) is 22.4. The maximum absolute atomic E-state index is 13.3. The molecule has 0 spiro atoms. The second kappa shape index (κ2) is 7.94. The normalized spacial score (nSPS) is 15.2. The Morgan fingerprint density at radius 2 is 1.97 bits per heavy atom. The summed E-state index contributed by atoms with van der Waals surface area (Å²) in [5.74, 6) is 0.517. The molecule has 3 heterocycles. The minimum Gasteiger partial charge on any atom is -0.326 e. The van der Waals surface area contributed by atoms with Crippen LogP contribution in [-0.2, 0) is 4.79 Å². The Bertz CT molecular complexity index is 1420. The van der Waals surface area contributed by atoms with Crippen molar-refractivity contribution in [3.8, 4) is 5.69 Å². The number of carbonyl (C=O) groups excluding carboxylic acids is 1. The number of aryl methyl sites for hydroxylation is 3. The Labute approximate surface area is 189 Å². The van der Waals surface area contributed by atoms with E-state index in [0.29, 0.717) is 21.9 Å². The number of thioether (sulfide) groups is 1. The minimum atomic E-state index is -0.243. The van der Waals surface area contributed by atoms with Gasteiger partial charge >= 0.3 is 0 Å². The van der Waals surface area contributed by atoms with Crippen molar-refractivity contribution in [3.05, 3.63) is 75.7 Å². The van der Waals surface area contributed by atoms with Crippen molar-refractivity contribution in [2.24, 2.45) is 0 Å². The number of nitrogens with one attached hydrogen (secondary N) is 1. The second-order valence-electron chi connectivity index (χ2n) is 8.19. The summed E-state index contributed by atoms with van der Waals surface area (Å²) in [6.45, 7) is 6.02. The van der Waals surface area contributed by atoms with E-state index in [1.165, 1.54) is 17.3 Å². The molecule has 0 fully saturated rings. The van der Waals surface area contributed by atoms with E-state index in [4.69, 9.17) is 4.98 Å². The molecule has 1 atom stereocenters. The van der Waals surface area contributed by atoms with E-state index in [2.05, 4.69) is 16.5 Å². The molecular formula is C24H23N5O2S. The van der Waals surface area contributed by atoms with Gasteiger partial charge in [-0.15, -0.1) is 0 Å². The van der Waals surface area contributed by atoms with Gasteiger partial charge in [-0.1, -0.05) is 47.7 Å². The van der Waals surface area contributed by atoms with E-state index in [1.54, 1.807) is 15.4 Å². The van der Waals surface area contributed by atoms with E-state index in [0.717, 1.165) is 22.5 Å². The van der Waals surface area contributed by atoms with Crippen molar-refractivity contribution < 1.29 is 4.79 Å². The van der Waals surface area contributed by atoms with Gasteiger partial charge in [0.2, 0.25) is 5.91 Å². The molecule has 0 bridgehead atoms. The number of para-hydroxylation sites is 1. The van der Waals surface area contributed by atoms with Crippen LogP contribution in [0, 0.1) is 20.8 Å². The number of rotatable bonds is 4. The summed E-state index contributed by atoms with van der Waals surface area (Å²) in [5, 5.41) is 8.51. The molecule has 32 heavy (non-hydrogen) atoms. The van der Waals surface area contributed by atoms with E-state index < -0.39 is 0 Å². The summed E-state index contributed by atoms with van der Waals surface area (Å²) in [5.41, 5.74) is 5.32. The number of amides is 1. The average molecular weight is 446 g/mol. The van der Waals surface area contributed by atoms with Crippen LogP contribution in [0.25, 0.3) is 16.7 Å². The lowest BCUT2D eigenvalue weighted by atomic mass is 10.1. The highest BCUT2D eigenvalue weighted by Crippen LogP contribution is 2.34. The third kappa shape index (κ3) is 3.50. The van der Waals surface area contributed by atoms with E-state index in [1.807, 2.05) is 57.2 Å². The Morgan fingerprint density at radius 3 is 2.75 bits per heavy atom. The maximum atomic E-state index is 13.3. The molecule has 0 saturated heterocycles. The van der Waals surface area contributed by atoms with Crippen LogP contribution in [0.4, 0.5) is 5.69 Å². The highest BCUT2D eigenvalue weighted by molar-refractivity contribution is 7.99. The largest absolute Gasteiger partial charge is 0.326 e. The van der Waals surface area contributed by atoms with Crippen LogP contribution in [0.5, 0.6) is 0 Å². The minimum absolute atomic E-state index is 0.115. The molecule has 8 heteroatoms. The van der Waals surface area contributed by atoms with E-state index in [-0.39, 0.29) is 23.9 Å². The number of benzene rings is 2. The molecule has 0 saturated carbocycles. The zero-order valence-electron chi connectivity index (χ0n) is 18.1. The number of nitrogens with zero attached hydrogens (tertiary/aromatic N) is 4. The molecule has 162 valence electrons. The number of aromatic nitrogens is 4. The van der Waals surface area contributed by atoms with Crippen LogP contribution in [0.2, 0.25) is 0 Å². The van der Waals surface area contributed by atoms with Gasteiger partial charge in [-0.05, 0) is 44.0 Å². The number of hydrogen-bond acceptors (Lipinski definition) is 5. The molecule has 1 amide bonds. The molecule has 1 aliphatic heterocycles. The summed E-state index contributed by atoms with van der Waals surface area (Å²) >= 11 is 1.50. The summed E-state index contributed by atoms with van der Waals surface area (Å²) in [6.07, 6.45) is 1.79. The number of fused-ring (bicyclic) bond motifs is 2. The predicted octanol–water partition coefficient (Wildman–Crippen LogP) is 4.18. The lowest BCUT2D eigenvalue weighted by molar-refractivity contribution is -0.116. The summed E-state index contributed by atoms with van der Waals surface area (Å²) in [6, 6.07) is 13.5. The highest BCUT2D eigenvalue weighted by atomic mass is 32.2. The van der Waals surface area contributed by atoms with Gasteiger partial charge in [-0.3, -0.25) is 14.2 Å². The van der Waals surface area contributed by atoms with Gasteiger partial charge < -0.3 is 5.32 Å². The van der Waals surface area contributed by atoms with Crippen LogP contribution in [0.15, 0.2) is 58.6 Å². The van der Waals surface area contributed by atoms with Crippen molar-refractivity contribution >= 4 is 34.4 Å². The first-order valence-corrected chi connectivity index (χ1v) is 11.5. The fourth-order valence-electron chi connectivity index (χ4n) is 4.13. The van der Waals surface area contributed by atoms with Gasteiger partial charge in [0, 0.05) is 17.9 Å². The molecule has 5 rings (SSSR count). The van der Waals surface area contributed by atoms with Gasteiger partial charge in [-0.25, -0.2) is 9.67 Å². The molecule has 0 radical (unpaired) electrons. The first-order valence-electron chi connectivity index (χ1n) is 10.5. The van der Waals surface area contributed by atoms with Gasteiger partial charge in [0.1, 0.15) is 5.39 Å². The molecule has 2 aromatic heterocycles. The van der Waals surface area contributed by atoms with E-state index >= 15 is 0 Å². The number of anilines is 1. The molecule has 1 N–H and O–H groups in total. The van der Waals surface area contributed by atoms with Crippen molar-refractivity contribution in [2.45, 2.75) is 38.4 Å². The molecule has 1 aliphatic rings. The molecule has 2 aromatic carbocycles. The van der Waals surface area contributed by atoms with Crippen LogP contribution in [-0.4, -0.2) is 31.0 Å². The first-order chi connectivity index (χ1) is 15.4. The fraction of sp³-hybridized carbons (Fsp3) is 0.250. The summed E-state index contributed by atoms with van der Waals surface area (Å²) in [4.78, 5) is 30.8. The topological polar surface area (TPSA) is 81.8 Å². The highest BCUT2D eigenvalue weighted by Gasteiger charge is 2.29. The predicted molar refractivity (Wildman–Crippen MR) is 127 cm³/mol. The lowest BCUT2D eigenvalue weighted by Gasteiger charge is -2.14. The summed E-state index contributed by atoms with van der Waals surface area (Å²) < 4.78 is 3.38. The Kier molecular flexibility index (Phi) is 5.09. The first kappa shape index (κ1) is 20.5. The van der Waals surface area contributed by atoms with Crippen molar-refractivity contribution in [3.63, 3.8) is 0 Å². The van der Waals surface area contributed by atoms with Crippen molar-refractivity contribution in [1.29, 1.82) is 0 Å². The van der Waals surface area contributed by atoms with Gasteiger partial charge in [0.25, 0.3) is 5.56 Å². The van der Waals surface area contributed by atoms with Gasteiger partial charge in [-0.2, -0.15) is 5.10 Å². The zero-order valence-corrected chi connectivity index (χ0v) is 18.9. The third-order valence-corrected chi connectivity index (χ3v) is 6.89. The Hall–Kier alpha value is -3.39. The maximum Gasteiger partial charge on any atom is 0.265 e. The van der Waals surface area contributed by atoms with Gasteiger partial charge in [0.15, 0.2) is 10.8 Å². The van der Waals surface area contributed by atoms with Crippen LogP contribution >= 0.6 is 11.8 Å². The van der Waals surface area contributed by atoms with Gasteiger partial charge in [0.05, 0.1) is 17.9 Å². The smallest absolute Gasteiger partial charge is 0.265 e. The Morgan fingerprint density at radius 1 is 1.16 bits per heavy atom. The number of carbonyl (C=O) groups is 1. The standard InChI is InChI=1S/C24H23N5O2S/c1-14-8-9-20(16(3)10-14)29-22-18(12-25-29)23(31)28-17(13-32-24(28)27-22)11-21(30)26-19-7-5-4-6-15(19)2/h4-10,12,17H,11,13H2,1-3H3,(H,26,30). The monoisotopic (exact) mass is 445 g/mol. The van der Waals surface area contributed by atoms with Crippen LogP contribution in [0.3, 0.4) is 0 Å². The van der Waals surface area contributed by atoms with E-state index in [9.17, 15) is 9.59 Å². The molecule has 4 aromatic rings. The molecular weight excluding hydrogens is 422 g/mol. The Balaban J connectivity index is 1.47. The van der Waals surface area contributed by atoms with Crippen LogP contribution < -0.4 is 10.9 Å². The summed E-state index contributed by atoms with van der Waals surface area (Å²) in [7, 11) is 0. The fourth-order valence-corrected chi connectivity index (χ4v) is 5.26. The lowest BCUT2D eigenvalue weighted by Crippen LogP contribution is -2.27. The SMILES string of the molecule is Cc1ccc(-n2ncc3c(=O)n4c(nc32)SCC4CC(=O)Nc2ccccc2C)c(C)c1. The number of hydrogen-bond donors (Lipinski definition) is 1. The van der Waals surface area contributed by atoms with Crippen LogP contribution in [0.1, 0.15) is 29.2 Å². The van der Waals surface area contributed by atoms with Crippen molar-refractivity contribution in [1.82, 2.24) is 19.3 Å². The quantitative estimate of drug-likeness (QED) is 0.477. The third-order valence-electron chi connectivity index (χ3n) is 5.79. The average Bonchev–Trinajstić information content (AvgIpc) is 3.35.